The first kappa shape index (κ1) is 16.0. The van der Waals surface area contributed by atoms with Crippen LogP contribution in [0.15, 0.2) is 23.1 Å². The molecule has 10 heteroatoms. The van der Waals surface area contributed by atoms with Crippen LogP contribution in [0, 0.1) is 0 Å². The van der Waals surface area contributed by atoms with E-state index in [1.165, 1.54) is 0 Å². The van der Waals surface area contributed by atoms with Crippen LogP contribution in [-0.2, 0) is 15.2 Å². The monoisotopic (exact) mass is 324 g/mol. The van der Waals surface area contributed by atoms with E-state index < -0.39 is 44.5 Å². The van der Waals surface area contributed by atoms with E-state index in [1.54, 1.807) is 0 Å². The minimum absolute atomic E-state index is 0.435. The third kappa shape index (κ3) is 3.93. The van der Waals surface area contributed by atoms with E-state index in [0.717, 1.165) is 12.1 Å². The van der Waals surface area contributed by atoms with Crippen LogP contribution in [0.4, 0.5) is 22.0 Å². The fourth-order valence-electron chi connectivity index (χ4n) is 1.25. The molecule has 1 rings (SSSR count). The maximum atomic E-state index is 12.7. The summed E-state index contributed by atoms with van der Waals surface area (Å²) in [6, 6.07) is 1.96. The first-order valence-electron chi connectivity index (χ1n) is 4.59. The fourth-order valence-corrected chi connectivity index (χ4v) is 2.53. The Balaban J connectivity index is 3.49. The van der Waals surface area contributed by atoms with Crippen LogP contribution in [-0.4, -0.2) is 21.5 Å². The molecule has 0 aliphatic heterocycles. The van der Waals surface area contributed by atoms with Crippen molar-refractivity contribution in [3.63, 3.8) is 0 Å². The summed E-state index contributed by atoms with van der Waals surface area (Å²) >= 11 is 0. The Hall–Kier alpha value is -1.09. The third-order valence-corrected chi connectivity index (χ3v) is 3.28. The molecule has 3 nitrogen and oxygen atoms in total. The summed E-state index contributed by atoms with van der Waals surface area (Å²) in [5.74, 6) is -1.00. The van der Waals surface area contributed by atoms with Gasteiger partial charge >= 0.3 is 6.18 Å². The minimum Gasteiger partial charge on any atom is -0.456 e. The van der Waals surface area contributed by atoms with Gasteiger partial charge in [-0.3, -0.25) is 0 Å². The molecule has 108 valence electrons. The number of alkyl halides is 5. The summed E-state index contributed by atoms with van der Waals surface area (Å²) in [6.45, 7) is -1.65. The molecule has 0 spiro atoms. The second-order valence-corrected chi connectivity index (χ2v) is 5.75. The van der Waals surface area contributed by atoms with Crippen LogP contribution in [0.3, 0.4) is 0 Å². The molecule has 0 heterocycles. The zero-order valence-corrected chi connectivity index (χ0v) is 10.5. The Bertz CT molecular complexity index is 557. The van der Waals surface area contributed by atoms with Crippen LogP contribution < -0.4 is 4.74 Å². The average molecular weight is 325 g/mol. The number of benzene rings is 1. The van der Waals surface area contributed by atoms with Crippen LogP contribution in [0.2, 0.25) is 0 Å². The number of ether oxygens (including phenoxy) is 1. The predicted molar refractivity (Wildman–Crippen MR) is 56.0 cm³/mol. The van der Waals surface area contributed by atoms with Gasteiger partial charge in [0.25, 0.3) is 15.4 Å². The van der Waals surface area contributed by atoms with Crippen molar-refractivity contribution < 1.29 is 35.1 Å². The van der Waals surface area contributed by atoms with Crippen molar-refractivity contribution >= 4 is 19.7 Å². The maximum absolute atomic E-state index is 12.7. The Morgan fingerprint density at radius 3 is 2.32 bits per heavy atom. The van der Waals surface area contributed by atoms with Gasteiger partial charge in [-0.15, -0.1) is 0 Å². The normalized spacial score (nSPS) is 14.2. The molecule has 1 atom stereocenters. The van der Waals surface area contributed by atoms with E-state index in [4.69, 9.17) is 10.7 Å². The van der Waals surface area contributed by atoms with E-state index in [9.17, 15) is 30.4 Å². The molecule has 1 aromatic carbocycles. The smallest absolute Gasteiger partial charge is 0.417 e. The highest BCUT2D eigenvalue weighted by atomic mass is 35.7. The van der Waals surface area contributed by atoms with Gasteiger partial charge in [-0.1, -0.05) is 6.07 Å². The van der Waals surface area contributed by atoms with E-state index in [-0.39, 0.29) is 0 Å². The van der Waals surface area contributed by atoms with Gasteiger partial charge < -0.3 is 4.74 Å². The van der Waals surface area contributed by atoms with Crippen LogP contribution in [0.25, 0.3) is 0 Å². The average Bonchev–Trinajstić information content (AvgIpc) is 2.25. The van der Waals surface area contributed by atoms with Gasteiger partial charge in [0, 0.05) is 10.7 Å². The second-order valence-electron chi connectivity index (χ2n) is 3.25. The predicted octanol–water partition coefficient (Wildman–Crippen LogP) is 3.28. The van der Waals surface area contributed by atoms with Crippen LogP contribution >= 0.6 is 10.7 Å². The summed E-state index contributed by atoms with van der Waals surface area (Å²) in [4.78, 5) is -1.44. The highest BCUT2D eigenvalue weighted by Gasteiger charge is 2.39. The van der Waals surface area contributed by atoms with Crippen molar-refractivity contribution in [1.82, 2.24) is 0 Å². The molecular weight excluding hydrogens is 319 g/mol. The zero-order chi connectivity index (χ0) is 14.8. The summed E-state index contributed by atoms with van der Waals surface area (Å²) < 4.78 is 89.0. The standard InChI is InChI=1S/C9H6ClF5O3S/c10-19(16,17)8-5(9(13,14)15)2-1-3-6(8)18-7(12)4-11/h1-3,7H,4H2. The first-order valence-corrected chi connectivity index (χ1v) is 6.90. The summed E-state index contributed by atoms with van der Waals surface area (Å²) in [7, 11) is 0.0146. The molecule has 0 aliphatic rings. The topological polar surface area (TPSA) is 43.4 Å². The van der Waals surface area contributed by atoms with Gasteiger partial charge in [-0.25, -0.2) is 12.8 Å². The van der Waals surface area contributed by atoms with Gasteiger partial charge in [0.1, 0.15) is 10.6 Å². The Labute approximate surface area is 109 Å². The van der Waals surface area contributed by atoms with E-state index in [2.05, 4.69) is 4.74 Å². The van der Waals surface area contributed by atoms with E-state index in [0.29, 0.717) is 6.07 Å². The highest BCUT2D eigenvalue weighted by Crippen LogP contribution is 2.40. The Morgan fingerprint density at radius 1 is 1.32 bits per heavy atom. The van der Waals surface area contributed by atoms with Gasteiger partial charge in [0.2, 0.25) is 0 Å². The molecule has 0 saturated heterocycles. The Morgan fingerprint density at radius 2 is 1.89 bits per heavy atom. The SMILES string of the molecule is O=S(=O)(Cl)c1c(OC(F)CF)cccc1C(F)(F)F. The molecule has 0 fully saturated rings. The Kier molecular flexibility index (Phi) is 4.62. The van der Waals surface area contributed by atoms with Crippen LogP contribution in [0.5, 0.6) is 5.75 Å². The molecule has 0 bridgehead atoms. The van der Waals surface area contributed by atoms with Gasteiger partial charge in [-0.2, -0.15) is 17.6 Å². The first-order chi connectivity index (χ1) is 8.57. The largest absolute Gasteiger partial charge is 0.456 e. The third-order valence-electron chi connectivity index (χ3n) is 1.90. The van der Waals surface area contributed by atoms with Crippen LogP contribution in [0.1, 0.15) is 5.56 Å². The molecule has 0 amide bonds. The van der Waals surface area contributed by atoms with Crippen molar-refractivity contribution in [3.05, 3.63) is 23.8 Å². The molecule has 1 unspecified atom stereocenters. The van der Waals surface area contributed by atoms with Crippen molar-refractivity contribution in [2.24, 2.45) is 0 Å². The van der Waals surface area contributed by atoms with Crippen molar-refractivity contribution in [3.8, 4) is 5.75 Å². The van der Waals surface area contributed by atoms with Gasteiger partial charge in [0.05, 0.1) is 5.56 Å². The number of rotatable bonds is 4. The molecule has 1 aromatic rings. The lowest BCUT2D eigenvalue weighted by Gasteiger charge is -2.16. The summed E-state index contributed by atoms with van der Waals surface area (Å²) in [6.07, 6.45) is -7.64. The molecule has 0 radical (unpaired) electrons. The van der Waals surface area contributed by atoms with Crippen molar-refractivity contribution in [1.29, 1.82) is 0 Å². The number of hydrogen-bond donors (Lipinski definition) is 0. The highest BCUT2D eigenvalue weighted by molar-refractivity contribution is 8.13. The van der Waals surface area contributed by atoms with E-state index >= 15 is 0 Å². The fraction of sp³-hybridized carbons (Fsp3) is 0.333. The quantitative estimate of drug-likeness (QED) is 0.630. The summed E-state index contributed by atoms with van der Waals surface area (Å²) in [5, 5.41) is 0. The molecular formula is C9H6ClF5O3S. The lowest BCUT2D eigenvalue weighted by atomic mass is 10.2. The lowest BCUT2D eigenvalue weighted by molar-refractivity contribution is -0.140. The second kappa shape index (κ2) is 5.49. The van der Waals surface area contributed by atoms with Crippen molar-refractivity contribution in [2.45, 2.75) is 17.4 Å². The van der Waals surface area contributed by atoms with Gasteiger partial charge in [-0.05, 0) is 12.1 Å². The number of hydrogen-bond acceptors (Lipinski definition) is 3. The molecule has 0 aliphatic carbocycles. The maximum Gasteiger partial charge on any atom is 0.417 e. The van der Waals surface area contributed by atoms with E-state index in [1.807, 2.05) is 0 Å². The molecule has 0 saturated carbocycles. The summed E-state index contributed by atoms with van der Waals surface area (Å²) in [5.41, 5.74) is -1.62. The molecule has 19 heavy (non-hydrogen) atoms. The number of halogens is 6. The van der Waals surface area contributed by atoms with Gasteiger partial charge in [0.15, 0.2) is 6.67 Å². The van der Waals surface area contributed by atoms with Crippen molar-refractivity contribution in [2.75, 3.05) is 6.67 Å². The molecule has 0 N–H and O–H groups in total. The molecule has 0 aromatic heterocycles. The zero-order valence-electron chi connectivity index (χ0n) is 8.92. The lowest BCUT2D eigenvalue weighted by Crippen LogP contribution is -2.17. The minimum atomic E-state index is -5.04.